The molecule has 18 heavy (non-hydrogen) atoms. The van der Waals surface area contributed by atoms with Gasteiger partial charge in [0, 0.05) is 7.11 Å². The summed E-state index contributed by atoms with van der Waals surface area (Å²) in [5.41, 5.74) is 2.91. The lowest BCUT2D eigenvalue weighted by atomic mass is 9.90. The van der Waals surface area contributed by atoms with E-state index in [0.717, 1.165) is 5.92 Å². The molecule has 1 saturated carbocycles. The molecule has 0 unspecified atom stereocenters. The second-order valence-corrected chi connectivity index (χ2v) is 5.79. The Bertz CT molecular complexity index is 388. The number of methoxy groups -OCH3 is 1. The summed E-state index contributed by atoms with van der Waals surface area (Å²) in [6.07, 6.45) is 6.24. The van der Waals surface area contributed by atoms with E-state index in [0.29, 0.717) is 0 Å². The Hall–Kier alpha value is -0.860. The third-order valence-electron chi connectivity index (χ3n) is 4.56. The average molecular weight is 245 g/mol. The maximum absolute atomic E-state index is 5.62. The smallest absolute Gasteiger partial charge is 0.0929 e. The fraction of sp³-hybridized carbons (Fsp3) is 0.625. The lowest BCUT2D eigenvalue weighted by molar-refractivity contribution is 0.0789. The molecule has 1 aliphatic carbocycles. The minimum absolute atomic E-state index is 0.0628. The average Bonchev–Trinajstić information content (AvgIpc) is 3.22. The molecule has 2 heteroatoms. The molecular weight excluding hydrogens is 222 g/mol. The van der Waals surface area contributed by atoms with Crippen LogP contribution in [0.2, 0.25) is 0 Å². The van der Waals surface area contributed by atoms with Crippen molar-refractivity contribution >= 4 is 0 Å². The first-order chi connectivity index (χ1) is 8.82. The number of hydrogen-bond donors (Lipinski definition) is 1. The third kappa shape index (κ3) is 2.45. The van der Waals surface area contributed by atoms with Crippen molar-refractivity contribution in [2.24, 2.45) is 5.92 Å². The summed E-state index contributed by atoms with van der Waals surface area (Å²) in [4.78, 5) is 0. The van der Waals surface area contributed by atoms with Crippen molar-refractivity contribution in [3.8, 4) is 0 Å². The summed E-state index contributed by atoms with van der Waals surface area (Å²) in [6.45, 7) is 2.38. The molecule has 3 rings (SSSR count). The van der Waals surface area contributed by atoms with Crippen LogP contribution in [-0.2, 0) is 16.8 Å². The van der Waals surface area contributed by atoms with E-state index in [1.807, 2.05) is 7.11 Å². The minimum atomic E-state index is 0.0628. The van der Waals surface area contributed by atoms with Gasteiger partial charge in [-0.15, -0.1) is 0 Å². The van der Waals surface area contributed by atoms with Crippen LogP contribution < -0.4 is 5.32 Å². The van der Waals surface area contributed by atoms with Crippen molar-refractivity contribution < 1.29 is 4.74 Å². The molecule has 1 aromatic rings. The molecule has 2 fully saturated rings. The van der Waals surface area contributed by atoms with Crippen LogP contribution in [0.5, 0.6) is 0 Å². The Kier molecular flexibility index (Phi) is 3.40. The SMILES string of the molecule is COC1(c2ccc(CC3CCNCC3)cc2)CC1. The third-order valence-corrected chi connectivity index (χ3v) is 4.56. The van der Waals surface area contributed by atoms with Gasteiger partial charge in [-0.3, -0.25) is 0 Å². The van der Waals surface area contributed by atoms with Crippen LogP contribution in [0.3, 0.4) is 0 Å². The topological polar surface area (TPSA) is 21.3 Å². The van der Waals surface area contributed by atoms with Crippen molar-refractivity contribution in [1.29, 1.82) is 0 Å². The van der Waals surface area contributed by atoms with Gasteiger partial charge >= 0.3 is 0 Å². The van der Waals surface area contributed by atoms with E-state index in [-0.39, 0.29) is 5.60 Å². The molecule has 1 N–H and O–H groups in total. The summed E-state index contributed by atoms with van der Waals surface area (Å²) < 4.78 is 5.62. The highest BCUT2D eigenvalue weighted by atomic mass is 16.5. The first-order valence-corrected chi connectivity index (χ1v) is 7.18. The summed E-state index contributed by atoms with van der Waals surface area (Å²) in [5, 5.41) is 3.43. The second-order valence-electron chi connectivity index (χ2n) is 5.79. The molecule has 2 nitrogen and oxygen atoms in total. The normalized spacial score (nSPS) is 22.9. The highest BCUT2D eigenvalue weighted by molar-refractivity contribution is 5.31. The zero-order valence-corrected chi connectivity index (χ0v) is 11.2. The number of rotatable bonds is 4. The number of nitrogens with one attached hydrogen (secondary N) is 1. The predicted molar refractivity (Wildman–Crippen MR) is 73.7 cm³/mol. The molecule has 98 valence electrons. The van der Waals surface area contributed by atoms with Gasteiger partial charge in [0.25, 0.3) is 0 Å². The van der Waals surface area contributed by atoms with Gasteiger partial charge in [0.05, 0.1) is 5.60 Å². The molecule has 0 bridgehead atoms. The van der Waals surface area contributed by atoms with Gasteiger partial charge in [-0.05, 0) is 62.2 Å². The van der Waals surface area contributed by atoms with Crippen molar-refractivity contribution in [2.45, 2.75) is 37.7 Å². The predicted octanol–water partition coefficient (Wildman–Crippen LogP) is 2.86. The van der Waals surface area contributed by atoms with Crippen LogP contribution >= 0.6 is 0 Å². The maximum Gasteiger partial charge on any atom is 0.0929 e. The van der Waals surface area contributed by atoms with E-state index in [1.165, 1.54) is 56.3 Å². The van der Waals surface area contributed by atoms with Crippen LogP contribution in [0.15, 0.2) is 24.3 Å². The Morgan fingerprint density at radius 3 is 2.39 bits per heavy atom. The van der Waals surface area contributed by atoms with Crippen LogP contribution in [-0.4, -0.2) is 20.2 Å². The highest BCUT2D eigenvalue weighted by Gasteiger charge is 2.44. The molecule has 2 aliphatic rings. The quantitative estimate of drug-likeness (QED) is 0.880. The van der Waals surface area contributed by atoms with Crippen LogP contribution in [0.1, 0.15) is 36.8 Å². The van der Waals surface area contributed by atoms with E-state index in [4.69, 9.17) is 4.74 Å². The lowest BCUT2D eigenvalue weighted by Crippen LogP contribution is -2.28. The molecule has 0 radical (unpaired) electrons. The van der Waals surface area contributed by atoms with Gasteiger partial charge in [-0.2, -0.15) is 0 Å². The molecule has 0 aromatic heterocycles. The monoisotopic (exact) mass is 245 g/mol. The summed E-state index contributed by atoms with van der Waals surface area (Å²) in [5.74, 6) is 0.870. The van der Waals surface area contributed by atoms with E-state index in [1.54, 1.807) is 0 Å². The van der Waals surface area contributed by atoms with E-state index in [9.17, 15) is 0 Å². The molecule has 1 aliphatic heterocycles. The number of ether oxygens (including phenoxy) is 1. The molecule has 1 saturated heterocycles. The number of piperidine rings is 1. The number of benzene rings is 1. The Labute approximate surface area is 110 Å². The van der Waals surface area contributed by atoms with Gasteiger partial charge in [-0.25, -0.2) is 0 Å². The minimum Gasteiger partial charge on any atom is -0.374 e. The summed E-state index contributed by atoms with van der Waals surface area (Å²) in [6, 6.07) is 9.15. The zero-order valence-electron chi connectivity index (χ0n) is 11.2. The van der Waals surface area contributed by atoms with Gasteiger partial charge < -0.3 is 10.1 Å². The lowest BCUT2D eigenvalue weighted by Gasteiger charge is -2.22. The molecule has 0 atom stereocenters. The molecule has 1 heterocycles. The molecule has 0 spiro atoms. The van der Waals surface area contributed by atoms with Gasteiger partial charge in [0.1, 0.15) is 0 Å². The Balaban J connectivity index is 1.64. The van der Waals surface area contributed by atoms with E-state index >= 15 is 0 Å². The van der Waals surface area contributed by atoms with Crippen LogP contribution in [0.25, 0.3) is 0 Å². The first-order valence-electron chi connectivity index (χ1n) is 7.18. The Morgan fingerprint density at radius 2 is 1.83 bits per heavy atom. The molecule has 0 amide bonds. The van der Waals surface area contributed by atoms with Crippen LogP contribution in [0, 0.1) is 5.92 Å². The van der Waals surface area contributed by atoms with Gasteiger partial charge in [0.2, 0.25) is 0 Å². The van der Waals surface area contributed by atoms with Gasteiger partial charge in [0.15, 0.2) is 0 Å². The van der Waals surface area contributed by atoms with E-state index < -0.39 is 0 Å². The summed E-state index contributed by atoms with van der Waals surface area (Å²) >= 11 is 0. The zero-order chi connectivity index (χ0) is 12.4. The van der Waals surface area contributed by atoms with Crippen molar-refractivity contribution in [3.05, 3.63) is 35.4 Å². The standard InChI is InChI=1S/C16H23NO/c1-18-16(8-9-16)15-4-2-13(3-5-15)12-14-6-10-17-11-7-14/h2-5,14,17H,6-12H2,1H3. The highest BCUT2D eigenvalue weighted by Crippen LogP contribution is 2.48. The second kappa shape index (κ2) is 5.02. The first kappa shape index (κ1) is 12.2. The van der Waals surface area contributed by atoms with Gasteiger partial charge in [-0.1, -0.05) is 24.3 Å². The summed E-state index contributed by atoms with van der Waals surface area (Å²) in [7, 11) is 1.83. The van der Waals surface area contributed by atoms with Crippen molar-refractivity contribution in [2.75, 3.05) is 20.2 Å². The van der Waals surface area contributed by atoms with E-state index in [2.05, 4.69) is 29.6 Å². The largest absolute Gasteiger partial charge is 0.374 e. The Morgan fingerprint density at radius 1 is 1.17 bits per heavy atom. The maximum atomic E-state index is 5.62. The molecular formula is C16H23NO. The molecule has 1 aromatic carbocycles. The van der Waals surface area contributed by atoms with Crippen molar-refractivity contribution in [3.63, 3.8) is 0 Å². The van der Waals surface area contributed by atoms with Crippen molar-refractivity contribution in [1.82, 2.24) is 5.32 Å². The fourth-order valence-corrected chi connectivity index (χ4v) is 3.09. The number of hydrogen-bond acceptors (Lipinski definition) is 2. The fourth-order valence-electron chi connectivity index (χ4n) is 3.09. The van der Waals surface area contributed by atoms with Crippen LogP contribution in [0.4, 0.5) is 0 Å².